The lowest BCUT2D eigenvalue weighted by molar-refractivity contribution is -0.145. The maximum Gasteiger partial charge on any atom is 0.329 e. The van der Waals surface area contributed by atoms with Crippen LogP contribution in [0, 0.1) is 12.7 Å². The minimum atomic E-state index is -1.10. The Bertz CT molecular complexity index is 1030. The Morgan fingerprint density at radius 2 is 1.91 bits per heavy atom. The predicted molar refractivity (Wildman–Crippen MR) is 122 cm³/mol. The largest absolute Gasteiger partial charge is 0.496 e. The van der Waals surface area contributed by atoms with Gasteiger partial charge in [-0.3, -0.25) is 0 Å². The minimum Gasteiger partial charge on any atom is -0.496 e. The average Bonchev–Trinajstić information content (AvgIpc) is 3.64. The van der Waals surface area contributed by atoms with Crippen molar-refractivity contribution in [3.8, 4) is 22.6 Å². The van der Waals surface area contributed by atoms with Crippen LogP contribution < -0.4 is 14.8 Å². The van der Waals surface area contributed by atoms with E-state index < -0.39 is 17.3 Å². The van der Waals surface area contributed by atoms with E-state index in [1.54, 1.807) is 25.1 Å². The number of anilines is 1. The summed E-state index contributed by atoms with van der Waals surface area (Å²) in [6, 6.07) is 7.06. The van der Waals surface area contributed by atoms with E-state index in [1.165, 1.54) is 14.2 Å². The summed E-state index contributed by atoms with van der Waals surface area (Å²) in [5.74, 6) is -0.737. The molecule has 178 valence electrons. The number of halogens is 1. The standard InChI is InChI=1S/C25H30FNO6/c1-15-21(30-2)13-20(22(26)23(15)31-3)19-7-4-17(12-16(19)14-33-18-5-6-18)27-25(24(28)29)8-10-32-11-9-25/h4,7,12-13,18,27H,5-6,8-11,14H2,1-3H3,(H,28,29). The van der Waals surface area contributed by atoms with Gasteiger partial charge in [0.15, 0.2) is 11.6 Å². The number of hydrogen-bond acceptors (Lipinski definition) is 6. The maximum atomic E-state index is 15.4. The molecule has 2 aromatic rings. The van der Waals surface area contributed by atoms with E-state index in [9.17, 15) is 9.90 Å². The normalized spacial score (nSPS) is 17.5. The first-order valence-corrected chi connectivity index (χ1v) is 11.1. The van der Waals surface area contributed by atoms with Crippen LogP contribution in [0.25, 0.3) is 11.1 Å². The topological polar surface area (TPSA) is 86.3 Å². The fourth-order valence-corrected chi connectivity index (χ4v) is 4.24. The van der Waals surface area contributed by atoms with Crippen molar-refractivity contribution in [2.75, 3.05) is 32.8 Å². The SMILES string of the molecule is COc1cc(-c2ccc(NC3(C(=O)O)CCOCC3)cc2COC2CC2)c(F)c(OC)c1C. The summed E-state index contributed by atoms with van der Waals surface area (Å²) in [4.78, 5) is 12.1. The molecular weight excluding hydrogens is 429 g/mol. The zero-order chi connectivity index (χ0) is 23.6. The van der Waals surface area contributed by atoms with Gasteiger partial charge in [-0.15, -0.1) is 0 Å². The lowest BCUT2D eigenvalue weighted by atomic mass is 9.89. The number of methoxy groups -OCH3 is 2. The summed E-state index contributed by atoms with van der Waals surface area (Å²) in [6.07, 6.45) is 2.95. The summed E-state index contributed by atoms with van der Waals surface area (Å²) in [7, 11) is 2.96. The molecule has 7 nitrogen and oxygen atoms in total. The van der Waals surface area contributed by atoms with Gasteiger partial charge in [0.05, 0.1) is 26.9 Å². The molecule has 0 aromatic heterocycles. The van der Waals surface area contributed by atoms with E-state index in [-0.39, 0.29) is 18.5 Å². The van der Waals surface area contributed by atoms with Crippen LogP contribution in [0.2, 0.25) is 0 Å². The first kappa shape index (κ1) is 23.3. The van der Waals surface area contributed by atoms with Crippen LogP contribution in [-0.4, -0.2) is 50.2 Å². The third-order valence-electron chi connectivity index (χ3n) is 6.38. The molecule has 2 fully saturated rings. The molecule has 0 unspecified atom stereocenters. The molecule has 1 saturated heterocycles. The number of aliphatic carboxylic acids is 1. The number of nitrogens with one attached hydrogen (secondary N) is 1. The van der Waals surface area contributed by atoms with Crippen molar-refractivity contribution in [1.82, 2.24) is 0 Å². The quantitative estimate of drug-likeness (QED) is 0.569. The van der Waals surface area contributed by atoms with Gasteiger partial charge in [0.2, 0.25) is 0 Å². The molecule has 4 rings (SSSR count). The summed E-state index contributed by atoms with van der Waals surface area (Å²) in [5.41, 5.74) is 1.87. The summed E-state index contributed by atoms with van der Waals surface area (Å²) in [5, 5.41) is 13.1. The Balaban J connectivity index is 1.75. The number of benzene rings is 2. The van der Waals surface area contributed by atoms with Crippen molar-refractivity contribution in [3.63, 3.8) is 0 Å². The molecule has 1 saturated carbocycles. The molecule has 2 N–H and O–H groups in total. The first-order valence-electron chi connectivity index (χ1n) is 11.1. The monoisotopic (exact) mass is 459 g/mol. The van der Waals surface area contributed by atoms with E-state index >= 15 is 4.39 Å². The predicted octanol–water partition coefficient (Wildman–Crippen LogP) is 4.54. The third-order valence-corrected chi connectivity index (χ3v) is 6.38. The second kappa shape index (κ2) is 9.57. The summed E-state index contributed by atoms with van der Waals surface area (Å²) >= 11 is 0. The molecule has 1 heterocycles. The zero-order valence-corrected chi connectivity index (χ0v) is 19.2. The van der Waals surface area contributed by atoms with Gasteiger partial charge in [-0.2, -0.15) is 0 Å². The zero-order valence-electron chi connectivity index (χ0n) is 19.2. The Morgan fingerprint density at radius 3 is 2.52 bits per heavy atom. The van der Waals surface area contributed by atoms with Crippen LogP contribution in [0.15, 0.2) is 24.3 Å². The molecule has 0 atom stereocenters. The van der Waals surface area contributed by atoms with Gasteiger partial charge in [-0.25, -0.2) is 9.18 Å². The number of ether oxygens (including phenoxy) is 4. The molecule has 2 aromatic carbocycles. The van der Waals surface area contributed by atoms with Gasteiger partial charge >= 0.3 is 5.97 Å². The minimum absolute atomic E-state index is 0.132. The van der Waals surface area contributed by atoms with E-state index in [1.807, 2.05) is 6.07 Å². The van der Waals surface area contributed by atoms with Crippen molar-refractivity contribution >= 4 is 11.7 Å². The fraction of sp³-hybridized carbons (Fsp3) is 0.480. The number of hydrogen-bond donors (Lipinski definition) is 2. The molecule has 1 aliphatic heterocycles. The molecule has 2 aliphatic rings. The van der Waals surface area contributed by atoms with Gasteiger partial charge in [0.1, 0.15) is 11.3 Å². The number of carboxylic acid groups (broad SMARTS) is 1. The van der Waals surface area contributed by atoms with Crippen LogP contribution >= 0.6 is 0 Å². The second-order valence-corrected chi connectivity index (χ2v) is 8.61. The Morgan fingerprint density at radius 1 is 1.18 bits per heavy atom. The average molecular weight is 460 g/mol. The van der Waals surface area contributed by atoms with Gasteiger partial charge in [0, 0.05) is 42.9 Å². The number of carbonyl (C=O) groups is 1. The molecule has 0 radical (unpaired) electrons. The Kier molecular flexibility index (Phi) is 6.76. The highest BCUT2D eigenvalue weighted by molar-refractivity contribution is 5.83. The summed E-state index contributed by atoms with van der Waals surface area (Å²) in [6.45, 7) is 2.79. The van der Waals surface area contributed by atoms with E-state index in [0.717, 1.165) is 18.4 Å². The molecule has 8 heteroatoms. The van der Waals surface area contributed by atoms with Crippen molar-refractivity contribution in [1.29, 1.82) is 0 Å². The highest BCUT2D eigenvalue weighted by Crippen LogP contribution is 2.40. The smallest absolute Gasteiger partial charge is 0.329 e. The maximum absolute atomic E-state index is 15.4. The van der Waals surface area contributed by atoms with Crippen LogP contribution in [-0.2, 0) is 20.9 Å². The molecule has 1 aliphatic carbocycles. The Hall–Kier alpha value is -2.84. The molecule has 33 heavy (non-hydrogen) atoms. The van der Waals surface area contributed by atoms with Crippen LogP contribution in [0.4, 0.5) is 10.1 Å². The van der Waals surface area contributed by atoms with Crippen LogP contribution in [0.3, 0.4) is 0 Å². The number of carboxylic acids is 1. The Labute approximate surface area is 192 Å². The van der Waals surface area contributed by atoms with Crippen molar-refractivity contribution < 1.29 is 33.2 Å². The third kappa shape index (κ3) is 4.77. The molecule has 0 amide bonds. The van der Waals surface area contributed by atoms with Gasteiger partial charge in [-0.1, -0.05) is 6.07 Å². The van der Waals surface area contributed by atoms with E-state index in [0.29, 0.717) is 54.2 Å². The number of rotatable bonds is 9. The van der Waals surface area contributed by atoms with Crippen LogP contribution in [0.1, 0.15) is 36.8 Å². The molecular formula is C25H30FNO6. The lowest BCUT2D eigenvalue weighted by Crippen LogP contribution is -2.50. The first-order chi connectivity index (χ1) is 15.9. The molecule has 0 bridgehead atoms. The highest BCUT2D eigenvalue weighted by Gasteiger charge is 2.40. The molecule has 0 spiro atoms. The van der Waals surface area contributed by atoms with E-state index in [4.69, 9.17) is 18.9 Å². The second-order valence-electron chi connectivity index (χ2n) is 8.61. The van der Waals surface area contributed by atoms with Crippen LogP contribution in [0.5, 0.6) is 11.5 Å². The summed E-state index contributed by atoms with van der Waals surface area (Å²) < 4.78 is 37.5. The fourth-order valence-electron chi connectivity index (χ4n) is 4.24. The van der Waals surface area contributed by atoms with E-state index in [2.05, 4.69) is 5.32 Å². The van der Waals surface area contributed by atoms with Crippen molar-refractivity contribution in [2.45, 2.75) is 50.9 Å². The van der Waals surface area contributed by atoms with Gasteiger partial charge in [0.25, 0.3) is 0 Å². The van der Waals surface area contributed by atoms with Crippen molar-refractivity contribution in [3.05, 3.63) is 41.2 Å². The highest BCUT2D eigenvalue weighted by atomic mass is 19.1. The van der Waals surface area contributed by atoms with Crippen molar-refractivity contribution in [2.24, 2.45) is 0 Å². The lowest BCUT2D eigenvalue weighted by Gasteiger charge is -2.35. The van der Waals surface area contributed by atoms with Gasteiger partial charge in [-0.05, 0) is 49.1 Å². The van der Waals surface area contributed by atoms with Gasteiger partial charge < -0.3 is 29.4 Å².